The van der Waals surface area contributed by atoms with E-state index in [0.29, 0.717) is 12.7 Å². The molecular formula is C20H30N2O3. The molecule has 0 radical (unpaired) electrons. The molecule has 0 bridgehead atoms. The Bertz CT molecular complexity index is 595. The van der Waals surface area contributed by atoms with Crippen LogP contribution in [0, 0.1) is 0 Å². The van der Waals surface area contributed by atoms with Gasteiger partial charge in [-0.15, -0.1) is 0 Å². The maximum absolute atomic E-state index is 5.94. The SMILES string of the molecule is COc1ccc2c(c1)C=C(CN(CCN(C)C)CC1CCCO1)CO2. The summed E-state index contributed by atoms with van der Waals surface area (Å²) < 4.78 is 17.1. The van der Waals surface area contributed by atoms with E-state index in [9.17, 15) is 0 Å². The highest BCUT2D eigenvalue weighted by Crippen LogP contribution is 2.30. The van der Waals surface area contributed by atoms with Crippen molar-refractivity contribution in [1.29, 1.82) is 0 Å². The van der Waals surface area contributed by atoms with Crippen LogP contribution in [-0.4, -0.2) is 76.5 Å². The molecule has 1 aromatic carbocycles. The summed E-state index contributed by atoms with van der Waals surface area (Å²) in [4.78, 5) is 4.73. The van der Waals surface area contributed by atoms with Gasteiger partial charge in [0.15, 0.2) is 0 Å². The highest BCUT2D eigenvalue weighted by Gasteiger charge is 2.21. The fourth-order valence-electron chi connectivity index (χ4n) is 3.36. The standard InChI is InChI=1S/C20H30N2O3/c1-21(2)8-9-22(14-19-5-4-10-24-19)13-16-11-17-12-18(23-3)6-7-20(17)25-15-16/h6-7,11-12,19H,4-5,8-10,13-15H2,1-3H3. The molecule has 5 heteroatoms. The number of hydrogen-bond donors (Lipinski definition) is 0. The largest absolute Gasteiger partial charge is 0.497 e. The number of benzene rings is 1. The minimum absolute atomic E-state index is 0.375. The Hall–Kier alpha value is -1.56. The van der Waals surface area contributed by atoms with Crippen molar-refractivity contribution in [2.45, 2.75) is 18.9 Å². The molecule has 0 N–H and O–H groups in total. The van der Waals surface area contributed by atoms with Crippen molar-refractivity contribution in [3.63, 3.8) is 0 Å². The van der Waals surface area contributed by atoms with Gasteiger partial charge in [0.25, 0.3) is 0 Å². The van der Waals surface area contributed by atoms with Crippen LogP contribution in [-0.2, 0) is 4.74 Å². The monoisotopic (exact) mass is 346 g/mol. The molecule has 25 heavy (non-hydrogen) atoms. The zero-order valence-electron chi connectivity index (χ0n) is 15.7. The van der Waals surface area contributed by atoms with E-state index >= 15 is 0 Å². The van der Waals surface area contributed by atoms with Gasteiger partial charge in [0.1, 0.15) is 18.1 Å². The van der Waals surface area contributed by atoms with E-state index in [4.69, 9.17) is 14.2 Å². The molecule has 2 heterocycles. The first-order chi connectivity index (χ1) is 12.1. The number of hydrogen-bond acceptors (Lipinski definition) is 5. The van der Waals surface area contributed by atoms with E-state index < -0.39 is 0 Å². The molecule has 138 valence electrons. The van der Waals surface area contributed by atoms with Crippen molar-refractivity contribution in [2.75, 3.05) is 60.6 Å². The van der Waals surface area contributed by atoms with Gasteiger partial charge in [0.05, 0.1) is 13.2 Å². The molecule has 1 fully saturated rings. The molecule has 0 saturated carbocycles. The highest BCUT2D eigenvalue weighted by molar-refractivity contribution is 5.64. The summed E-state index contributed by atoms with van der Waals surface area (Å²) in [7, 11) is 5.94. The average Bonchev–Trinajstić information content (AvgIpc) is 3.12. The first-order valence-electron chi connectivity index (χ1n) is 9.13. The summed E-state index contributed by atoms with van der Waals surface area (Å²) in [5.74, 6) is 1.80. The van der Waals surface area contributed by atoms with E-state index in [-0.39, 0.29) is 0 Å². The van der Waals surface area contributed by atoms with Gasteiger partial charge in [-0.3, -0.25) is 4.90 Å². The van der Waals surface area contributed by atoms with Gasteiger partial charge in [-0.2, -0.15) is 0 Å². The molecule has 0 aliphatic carbocycles. The summed E-state index contributed by atoms with van der Waals surface area (Å²) in [5.41, 5.74) is 2.41. The smallest absolute Gasteiger partial charge is 0.127 e. The van der Waals surface area contributed by atoms with Crippen LogP contribution in [0.25, 0.3) is 6.08 Å². The Labute approximate surface area is 151 Å². The van der Waals surface area contributed by atoms with Gasteiger partial charge in [-0.1, -0.05) is 0 Å². The van der Waals surface area contributed by atoms with Gasteiger partial charge < -0.3 is 19.1 Å². The second-order valence-corrected chi connectivity index (χ2v) is 7.17. The Morgan fingerprint density at radius 3 is 2.84 bits per heavy atom. The molecular weight excluding hydrogens is 316 g/mol. The minimum atomic E-state index is 0.375. The molecule has 1 unspecified atom stereocenters. The zero-order valence-corrected chi connectivity index (χ0v) is 15.7. The zero-order chi connectivity index (χ0) is 17.6. The number of rotatable bonds is 8. The molecule has 1 atom stereocenters. The van der Waals surface area contributed by atoms with Gasteiger partial charge in [0.2, 0.25) is 0 Å². The van der Waals surface area contributed by atoms with Crippen LogP contribution < -0.4 is 9.47 Å². The highest BCUT2D eigenvalue weighted by atomic mass is 16.5. The van der Waals surface area contributed by atoms with Gasteiger partial charge in [-0.05, 0) is 56.8 Å². The molecule has 0 amide bonds. The number of nitrogens with zero attached hydrogens (tertiary/aromatic N) is 2. The molecule has 2 aliphatic rings. The number of methoxy groups -OCH3 is 1. The third-order valence-corrected chi connectivity index (χ3v) is 4.77. The van der Waals surface area contributed by atoms with Gasteiger partial charge in [0, 0.05) is 38.3 Å². The van der Waals surface area contributed by atoms with E-state index in [1.165, 1.54) is 18.4 Å². The quantitative estimate of drug-likeness (QED) is 0.723. The fourth-order valence-corrected chi connectivity index (χ4v) is 3.36. The van der Waals surface area contributed by atoms with Crippen LogP contribution in [0.15, 0.2) is 23.8 Å². The number of likely N-dealkylation sites (N-methyl/N-ethyl adjacent to an activating group) is 1. The topological polar surface area (TPSA) is 34.2 Å². The maximum atomic E-state index is 5.94. The van der Waals surface area contributed by atoms with Crippen LogP contribution >= 0.6 is 0 Å². The molecule has 0 spiro atoms. The van der Waals surface area contributed by atoms with Gasteiger partial charge >= 0.3 is 0 Å². The Balaban J connectivity index is 1.67. The second kappa shape index (κ2) is 8.70. The van der Waals surface area contributed by atoms with Crippen LogP contribution in [0.5, 0.6) is 11.5 Å². The lowest BCUT2D eigenvalue weighted by Crippen LogP contribution is -2.39. The van der Waals surface area contributed by atoms with Crippen molar-refractivity contribution in [3.05, 3.63) is 29.3 Å². The fraction of sp³-hybridized carbons (Fsp3) is 0.600. The normalized spacial score (nSPS) is 19.7. The Kier molecular flexibility index (Phi) is 6.34. The van der Waals surface area contributed by atoms with Crippen LogP contribution in [0.4, 0.5) is 0 Å². The molecule has 3 rings (SSSR count). The van der Waals surface area contributed by atoms with Crippen molar-refractivity contribution in [1.82, 2.24) is 9.80 Å². The summed E-state index contributed by atoms with van der Waals surface area (Å²) >= 11 is 0. The first-order valence-corrected chi connectivity index (χ1v) is 9.13. The van der Waals surface area contributed by atoms with Crippen molar-refractivity contribution >= 4 is 6.08 Å². The third kappa shape index (κ3) is 5.21. The molecule has 5 nitrogen and oxygen atoms in total. The number of ether oxygens (including phenoxy) is 3. The van der Waals surface area contributed by atoms with E-state index in [1.54, 1.807) is 7.11 Å². The summed E-state index contributed by atoms with van der Waals surface area (Å²) in [6.45, 7) is 5.56. The lowest BCUT2D eigenvalue weighted by Gasteiger charge is -2.29. The van der Waals surface area contributed by atoms with Crippen LogP contribution in [0.2, 0.25) is 0 Å². The first kappa shape index (κ1) is 18.2. The molecule has 1 saturated heterocycles. The summed E-state index contributed by atoms with van der Waals surface area (Å²) in [6, 6.07) is 5.97. The van der Waals surface area contributed by atoms with Gasteiger partial charge in [-0.25, -0.2) is 0 Å². The van der Waals surface area contributed by atoms with Crippen LogP contribution in [0.3, 0.4) is 0 Å². The van der Waals surface area contributed by atoms with E-state index in [0.717, 1.165) is 49.8 Å². The molecule has 1 aromatic rings. The maximum Gasteiger partial charge on any atom is 0.127 e. The lowest BCUT2D eigenvalue weighted by molar-refractivity contribution is 0.0733. The Morgan fingerprint density at radius 2 is 2.12 bits per heavy atom. The van der Waals surface area contributed by atoms with Crippen molar-refractivity contribution in [2.24, 2.45) is 0 Å². The van der Waals surface area contributed by atoms with Crippen molar-refractivity contribution < 1.29 is 14.2 Å². The van der Waals surface area contributed by atoms with Crippen molar-refractivity contribution in [3.8, 4) is 11.5 Å². The second-order valence-electron chi connectivity index (χ2n) is 7.17. The molecule has 2 aliphatic heterocycles. The number of fused-ring (bicyclic) bond motifs is 1. The van der Waals surface area contributed by atoms with E-state index in [2.05, 4.69) is 30.0 Å². The average molecular weight is 346 g/mol. The Morgan fingerprint density at radius 1 is 1.24 bits per heavy atom. The summed E-state index contributed by atoms with van der Waals surface area (Å²) in [5, 5.41) is 0. The van der Waals surface area contributed by atoms with Crippen LogP contribution in [0.1, 0.15) is 18.4 Å². The molecule has 0 aromatic heterocycles. The van der Waals surface area contributed by atoms with E-state index in [1.807, 2.05) is 18.2 Å². The predicted molar refractivity (Wildman–Crippen MR) is 100 cm³/mol. The predicted octanol–water partition coefficient (Wildman–Crippen LogP) is 2.51. The summed E-state index contributed by atoms with van der Waals surface area (Å²) in [6.07, 6.45) is 4.98. The lowest BCUT2D eigenvalue weighted by atomic mass is 10.1. The minimum Gasteiger partial charge on any atom is -0.497 e. The third-order valence-electron chi connectivity index (χ3n) is 4.77.